The van der Waals surface area contributed by atoms with Gasteiger partial charge in [-0.3, -0.25) is 4.79 Å². The Bertz CT molecular complexity index is 453. The number of ether oxygens (including phenoxy) is 1. The Morgan fingerprint density at radius 2 is 2.16 bits per heavy atom. The predicted molar refractivity (Wildman–Crippen MR) is 75.7 cm³/mol. The number of carbonyl (C=O) groups is 1. The molecule has 1 saturated carbocycles. The minimum absolute atomic E-state index is 0.112. The molecule has 0 heterocycles. The van der Waals surface area contributed by atoms with Crippen molar-refractivity contribution < 1.29 is 9.53 Å². The van der Waals surface area contributed by atoms with Gasteiger partial charge in [-0.05, 0) is 38.7 Å². The second-order valence-corrected chi connectivity index (χ2v) is 5.31. The van der Waals surface area contributed by atoms with E-state index in [-0.39, 0.29) is 5.91 Å². The van der Waals surface area contributed by atoms with Crippen LogP contribution in [-0.2, 0) is 16.1 Å². The number of hydrogen-bond acceptors (Lipinski definition) is 3. The molecule has 4 nitrogen and oxygen atoms in total. The van der Waals surface area contributed by atoms with E-state index in [0.29, 0.717) is 19.1 Å². The summed E-state index contributed by atoms with van der Waals surface area (Å²) in [5, 5.41) is 2.94. The van der Waals surface area contributed by atoms with E-state index in [2.05, 4.69) is 5.32 Å². The van der Waals surface area contributed by atoms with Crippen molar-refractivity contribution in [2.45, 2.75) is 38.8 Å². The number of anilines is 1. The van der Waals surface area contributed by atoms with Gasteiger partial charge < -0.3 is 15.8 Å². The molecular formula is C15H22N2O2. The molecule has 3 N–H and O–H groups in total. The Balaban J connectivity index is 2.07. The molecule has 2 rings (SSSR count). The summed E-state index contributed by atoms with van der Waals surface area (Å²) < 4.78 is 5.40. The highest BCUT2D eigenvalue weighted by atomic mass is 16.5. The zero-order valence-corrected chi connectivity index (χ0v) is 11.6. The van der Waals surface area contributed by atoms with Crippen LogP contribution in [0.1, 0.15) is 32.3 Å². The lowest BCUT2D eigenvalue weighted by atomic mass is 9.96. The molecule has 0 radical (unpaired) electrons. The Hall–Kier alpha value is -1.39. The quantitative estimate of drug-likeness (QED) is 0.826. The van der Waals surface area contributed by atoms with Gasteiger partial charge in [0.2, 0.25) is 5.91 Å². The summed E-state index contributed by atoms with van der Waals surface area (Å²) in [4.78, 5) is 12.3. The molecular weight excluding hydrogens is 240 g/mol. The summed E-state index contributed by atoms with van der Waals surface area (Å²) in [6, 6.07) is 7.67. The summed E-state index contributed by atoms with van der Waals surface area (Å²) >= 11 is 0. The van der Waals surface area contributed by atoms with Crippen LogP contribution in [-0.4, -0.2) is 18.1 Å². The van der Waals surface area contributed by atoms with E-state index < -0.39 is 5.54 Å². The largest absolute Gasteiger partial charge is 0.377 e. The lowest BCUT2D eigenvalue weighted by molar-refractivity contribution is -0.121. The van der Waals surface area contributed by atoms with Gasteiger partial charge in [-0.25, -0.2) is 0 Å². The van der Waals surface area contributed by atoms with Crippen LogP contribution in [0, 0.1) is 5.92 Å². The van der Waals surface area contributed by atoms with E-state index in [0.717, 1.165) is 24.1 Å². The van der Waals surface area contributed by atoms with Gasteiger partial charge in [0.05, 0.1) is 12.1 Å². The molecule has 1 aromatic carbocycles. The zero-order chi connectivity index (χ0) is 13.9. The summed E-state index contributed by atoms with van der Waals surface area (Å²) in [6.07, 6.45) is 2.09. The molecule has 1 aliphatic rings. The maximum absolute atomic E-state index is 12.3. The Kier molecular flexibility index (Phi) is 4.22. The maximum Gasteiger partial charge on any atom is 0.244 e. The topological polar surface area (TPSA) is 64.3 Å². The molecule has 1 atom stereocenters. The number of hydrogen-bond donors (Lipinski definition) is 2. The lowest BCUT2D eigenvalue weighted by Gasteiger charge is -2.24. The molecule has 1 aromatic rings. The average Bonchev–Trinajstić information content (AvgIpc) is 3.22. The normalized spacial score (nSPS) is 17.8. The molecule has 1 unspecified atom stereocenters. The first-order chi connectivity index (χ1) is 9.05. The van der Waals surface area contributed by atoms with Crippen LogP contribution in [0.5, 0.6) is 0 Å². The fourth-order valence-electron chi connectivity index (χ4n) is 2.11. The fourth-order valence-corrected chi connectivity index (χ4v) is 2.11. The SMILES string of the molecule is CCOCc1ccccc1NC(=O)C(C)(N)C1CC1. The number of nitrogens with two attached hydrogens (primary N) is 1. The minimum Gasteiger partial charge on any atom is -0.377 e. The summed E-state index contributed by atoms with van der Waals surface area (Å²) in [7, 11) is 0. The molecule has 0 spiro atoms. The van der Waals surface area contributed by atoms with E-state index in [9.17, 15) is 4.79 Å². The molecule has 0 aromatic heterocycles. The van der Waals surface area contributed by atoms with Crippen molar-refractivity contribution in [2.24, 2.45) is 11.7 Å². The van der Waals surface area contributed by atoms with Crippen LogP contribution in [0.25, 0.3) is 0 Å². The Labute approximate surface area is 114 Å². The second kappa shape index (κ2) is 5.72. The van der Waals surface area contributed by atoms with Crippen molar-refractivity contribution >= 4 is 11.6 Å². The smallest absolute Gasteiger partial charge is 0.244 e. The van der Waals surface area contributed by atoms with Crippen molar-refractivity contribution in [1.82, 2.24) is 0 Å². The molecule has 4 heteroatoms. The number of rotatable bonds is 6. The lowest BCUT2D eigenvalue weighted by Crippen LogP contribution is -2.50. The third kappa shape index (κ3) is 3.33. The molecule has 1 aliphatic carbocycles. The molecule has 19 heavy (non-hydrogen) atoms. The van der Waals surface area contributed by atoms with Gasteiger partial charge in [-0.15, -0.1) is 0 Å². The first-order valence-corrected chi connectivity index (χ1v) is 6.81. The first-order valence-electron chi connectivity index (χ1n) is 6.81. The van der Waals surface area contributed by atoms with Crippen LogP contribution in [0.4, 0.5) is 5.69 Å². The standard InChI is InChI=1S/C15H22N2O2/c1-3-19-10-11-6-4-5-7-13(11)17-14(18)15(2,16)12-8-9-12/h4-7,12H,3,8-10,16H2,1-2H3,(H,17,18). The average molecular weight is 262 g/mol. The van der Waals surface area contributed by atoms with Crippen LogP contribution in [0.15, 0.2) is 24.3 Å². The van der Waals surface area contributed by atoms with Crippen LogP contribution < -0.4 is 11.1 Å². The highest BCUT2D eigenvalue weighted by Crippen LogP contribution is 2.38. The van der Waals surface area contributed by atoms with Crippen LogP contribution >= 0.6 is 0 Å². The number of carbonyl (C=O) groups excluding carboxylic acids is 1. The van der Waals surface area contributed by atoms with Crippen molar-refractivity contribution in [3.8, 4) is 0 Å². The summed E-state index contributed by atoms with van der Waals surface area (Å²) in [5.74, 6) is 0.200. The number of nitrogens with one attached hydrogen (secondary N) is 1. The van der Waals surface area contributed by atoms with Crippen molar-refractivity contribution in [3.05, 3.63) is 29.8 Å². The highest BCUT2D eigenvalue weighted by molar-refractivity contribution is 5.98. The van der Waals surface area contributed by atoms with E-state index in [1.807, 2.05) is 38.1 Å². The van der Waals surface area contributed by atoms with Crippen LogP contribution in [0.2, 0.25) is 0 Å². The van der Waals surface area contributed by atoms with Gasteiger partial charge in [0.25, 0.3) is 0 Å². The van der Waals surface area contributed by atoms with Crippen molar-refractivity contribution in [3.63, 3.8) is 0 Å². The Morgan fingerprint density at radius 1 is 1.47 bits per heavy atom. The Morgan fingerprint density at radius 3 is 2.79 bits per heavy atom. The molecule has 0 saturated heterocycles. The van der Waals surface area contributed by atoms with Gasteiger partial charge in [-0.1, -0.05) is 18.2 Å². The number of para-hydroxylation sites is 1. The second-order valence-electron chi connectivity index (χ2n) is 5.31. The van der Waals surface area contributed by atoms with Crippen molar-refractivity contribution in [2.75, 3.05) is 11.9 Å². The molecule has 1 fully saturated rings. The van der Waals surface area contributed by atoms with Gasteiger partial charge in [0, 0.05) is 17.9 Å². The maximum atomic E-state index is 12.3. The van der Waals surface area contributed by atoms with E-state index in [4.69, 9.17) is 10.5 Å². The number of amides is 1. The third-order valence-corrected chi connectivity index (χ3v) is 3.64. The van der Waals surface area contributed by atoms with E-state index >= 15 is 0 Å². The van der Waals surface area contributed by atoms with Crippen LogP contribution in [0.3, 0.4) is 0 Å². The van der Waals surface area contributed by atoms with Crippen molar-refractivity contribution in [1.29, 1.82) is 0 Å². The van der Waals surface area contributed by atoms with Gasteiger partial charge in [0.1, 0.15) is 0 Å². The molecule has 0 aliphatic heterocycles. The molecule has 0 bridgehead atoms. The van der Waals surface area contributed by atoms with Gasteiger partial charge in [0.15, 0.2) is 0 Å². The molecule has 104 valence electrons. The monoisotopic (exact) mass is 262 g/mol. The third-order valence-electron chi connectivity index (χ3n) is 3.64. The zero-order valence-electron chi connectivity index (χ0n) is 11.6. The van der Waals surface area contributed by atoms with Gasteiger partial charge in [-0.2, -0.15) is 0 Å². The van der Waals surface area contributed by atoms with E-state index in [1.54, 1.807) is 0 Å². The molecule has 1 amide bonds. The summed E-state index contributed by atoms with van der Waals surface area (Å²) in [6.45, 7) is 4.91. The fraction of sp³-hybridized carbons (Fsp3) is 0.533. The van der Waals surface area contributed by atoms with Gasteiger partial charge >= 0.3 is 0 Å². The minimum atomic E-state index is -0.779. The van der Waals surface area contributed by atoms with E-state index in [1.165, 1.54) is 0 Å². The predicted octanol–water partition coefficient (Wildman–Crippen LogP) is 2.29. The highest BCUT2D eigenvalue weighted by Gasteiger charge is 2.44. The number of benzene rings is 1. The first kappa shape index (κ1) is 14.0. The summed E-state index contributed by atoms with van der Waals surface area (Å²) in [5.41, 5.74) is 7.11.